The van der Waals surface area contributed by atoms with Gasteiger partial charge in [-0.15, -0.1) is 0 Å². The molecule has 0 spiro atoms. The van der Waals surface area contributed by atoms with Gasteiger partial charge in [-0.25, -0.2) is 4.98 Å². The number of anilines is 1. The Morgan fingerprint density at radius 2 is 1.96 bits per heavy atom. The fraction of sp³-hybridized carbons (Fsp3) is 0.238. The smallest absolute Gasteiger partial charge is 0.234 e. The van der Waals surface area contributed by atoms with Crippen LogP contribution in [0.2, 0.25) is 0 Å². The Hall–Kier alpha value is -2.73. The van der Waals surface area contributed by atoms with Crippen LogP contribution in [0, 0.1) is 13.8 Å². The molecule has 1 N–H and O–H groups in total. The Morgan fingerprint density at radius 3 is 2.70 bits per heavy atom. The lowest BCUT2D eigenvalue weighted by atomic mass is 10.1. The number of aromatic nitrogens is 2. The predicted octanol–water partition coefficient (Wildman–Crippen LogP) is 4.62. The topological polar surface area (TPSA) is 56.1 Å². The summed E-state index contributed by atoms with van der Waals surface area (Å²) in [7, 11) is 0. The van der Waals surface area contributed by atoms with Crippen molar-refractivity contribution in [1.29, 1.82) is 0 Å². The van der Waals surface area contributed by atoms with Crippen LogP contribution in [0.1, 0.15) is 18.1 Å². The normalized spacial score (nSPS) is 10.6. The average molecular weight is 382 g/mol. The van der Waals surface area contributed by atoms with Gasteiger partial charge in [0.15, 0.2) is 5.16 Å². The molecule has 1 aromatic heterocycles. The molecule has 0 radical (unpaired) electrons. The highest BCUT2D eigenvalue weighted by molar-refractivity contribution is 7.99. The molecule has 0 atom stereocenters. The SMILES string of the molecule is CCOc1ccc(NC(=O)CSc2nccn2-c2cc(C)ccc2C)cc1. The van der Waals surface area contributed by atoms with Gasteiger partial charge in [0.2, 0.25) is 5.91 Å². The van der Waals surface area contributed by atoms with E-state index in [2.05, 4.69) is 42.3 Å². The van der Waals surface area contributed by atoms with Crippen molar-refractivity contribution in [3.63, 3.8) is 0 Å². The van der Waals surface area contributed by atoms with Crippen LogP contribution in [0.4, 0.5) is 5.69 Å². The van der Waals surface area contributed by atoms with Crippen LogP contribution in [0.3, 0.4) is 0 Å². The molecular formula is C21H23N3O2S. The molecule has 0 unspecified atom stereocenters. The van der Waals surface area contributed by atoms with E-state index in [1.54, 1.807) is 6.20 Å². The van der Waals surface area contributed by atoms with Crippen molar-refractivity contribution in [3.05, 3.63) is 66.0 Å². The van der Waals surface area contributed by atoms with E-state index in [-0.39, 0.29) is 11.7 Å². The first kappa shape index (κ1) is 19.0. The molecule has 140 valence electrons. The summed E-state index contributed by atoms with van der Waals surface area (Å²) in [5.41, 5.74) is 4.19. The highest BCUT2D eigenvalue weighted by Crippen LogP contribution is 2.24. The lowest BCUT2D eigenvalue weighted by Crippen LogP contribution is -2.14. The predicted molar refractivity (Wildman–Crippen MR) is 110 cm³/mol. The number of hydrogen-bond donors (Lipinski definition) is 1. The molecule has 2 aromatic carbocycles. The molecule has 0 aliphatic heterocycles. The fourth-order valence-corrected chi connectivity index (χ4v) is 3.45. The summed E-state index contributed by atoms with van der Waals surface area (Å²) in [5.74, 6) is 1.01. The largest absolute Gasteiger partial charge is 0.494 e. The zero-order valence-corrected chi connectivity index (χ0v) is 16.5. The molecule has 0 aliphatic carbocycles. The number of imidazole rings is 1. The molecule has 3 rings (SSSR count). The molecule has 0 bridgehead atoms. The number of rotatable bonds is 7. The van der Waals surface area contributed by atoms with Crippen molar-refractivity contribution < 1.29 is 9.53 Å². The summed E-state index contributed by atoms with van der Waals surface area (Å²) in [4.78, 5) is 16.7. The van der Waals surface area contributed by atoms with Crippen LogP contribution in [0.5, 0.6) is 5.75 Å². The quantitative estimate of drug-likeness (QED) is 0.607. The molecule has 3 aromatic rings. The number of benzene rings is 2. The number of nitrogens with zero attached hydrogens (tertiary/aromatic N) is 2. The maximum absolute atomic E-state index is 12.3. The molecule has 0 saturated carbocycles. The van der Waals surface area contributed by atoms with Gasteiger partial charge in [-0.3, -0.25) is 9.36 Å². The molecule has 0 fully saturated rings. The number of amides is 1. The van der Waals surface area contributed by atoms with Crippen LogP contribution < -0.4 is 10.1 Å². The molecule has 1 amide bonds. The lowest BCUT2D eigenvalue weighted by Gasteiger charge is -2.11. The Balaban J connectivity index is 1.63. The summed E-state index contributed by atoms with van der Waals surface area (Å²) >= 11 is 1.42. The van der Waals surface area contributed by atoms with Gasteiger partial charge in [-0.1, -0.05) is 23.9 Å². The summed E-state index contributed by atoms with van der Waals surface area (Å²) in [5, 5.41) is 3.70. The molecule has 5 nitrogen and oxygen atoms in total. The second kappa shape index (κ2) is 8.77. The first-order valence-electron chi connectivity index (χ1n) is 8.83. The standard InChI is InChI=1S/C21H23N3O2S/c1-4-26-18-9-7-17(8-10-18)23-20(25)14-27-21-22-11-12-24(21)19-13-15(2)5-6-16(19)3/h5-13H,4,14H2,1-3H3,(H,23,25). The monoisotopic (exact) mass is 381 g/mol. The third kappa shape index (κ3) is 4.92. The number of nitrogens with one attached hydrogen (secondary N) is 1. The second-order valence-electron chi connectivity index (χ2n) is 6.16. The third-order valence-electron chi connectivity index (χ3n) is 4.01. The lowest BCUT2D eigenvalue weighted by molar-refractivity contribution is -0.113. The molecular weight excluding hydrogens is 358 g/mol. The summed E-state index contributed by atoms with van der Waals surface area (Å²) in [6.07, 6.45) is 3.68. The molecule has 0 saturated heterocycles. The molecule has 0 aliphatic rings. The number of carbonyl (C=O) groups excluding carboxylic acids is 1. The number of hydrogen-bond acceptors (Lipinski definition) is 4. The minimum atomic E-state index is -0.0697. The highest BCUT2D eigenvalue weighted by atomic mass is 32.2. The van der Waals surface area contributed by atoms with E-state index >= 15 is 0 Å². The number of thioether (sulfide) groups is 1. The summed E-state index contributed by atoms with van der Waals surface area (Å²) in [6.45, 7) is 6.70. The third-order valence-corrected chi connectivity index (χ3v) is 4.98. The van der Waals surface area contributed by atoms with E-state index in [4.69, 9.17) is 4.74 Å². The van der Waals surface area contributed by atoms with Gasteiger partial charge in [-0.2, -0.15) is 0 Å². The Kier molecular flexibility index (Phi) is 6.19. The Labute approximate surface area is 163 Å². The minimum Gasteiger partial charge on any atom is -0.494 e. The van der Waals surface area contributed by atoms with Crippen molar-refractivity contribution in [2.45, 2.75) is 25.9 Å². The van der Waals surface area contributed by atoms with Crippen LogP contribution in [-0.2, 0) is 4.79 Å². The number of carbonyl (C=O) groups is 1. The van der Waals surface area contributed by atoms with E-state index in [1.165, 1.54) is 22.9 Å². The minimum absolute atomic E-state index is 0.0697. The van der Waals surface area contributed by atoms with E-state index in [9.17, 15) is 4.79 Å². The van der Waals surface area contributed by atoms with Gasteiger partial charge in [0, 0.05) is 18.1 Å². The van der Waals surface area contributed by atoms with E-state index < -0.39 is 0 Å². The molecule has 27 heavy (non-hydrogen) atoms. The van der Waals surface area contributed by atoms with Gasteiger partial charge < -0.3 is 10.1 Å². The van der Waals surface area contributed by atoms with E-state index in [1.807, 2.05) is 42.0 Å². The van der Waals surface area contributed by atoms with E-state index in [0.717, 1.165) is 22.3 Å². The van der Waals surface area contributed by atoms with Crippen LogP contribution >= 0.6 is 11.8 Å². The summed E-state index contributed by atoms with van der Waals surface area (Å²) in [6, 6.07) is 13.7. The van der Waals surface area contributed by atoms with Gasteiger partial charge in [-0.05, 0) is 62.2 Å². The molecule has 1 heterocycles. The van der Waals surface area contributed by atoms with E-state index in [0.29, 0.717) is 6.61 Å². The van der Waals surface area contributed by atoms with Crippen molar-refractivity contribution in [3.8, 4) is 11.4 Å². The molecule has 6 heteroatoms. The van der Waals surface area contributed by atoms with Crippen LogP contribution in [-0.4, -0.2) is 27.8 Å². The average Bonchev–Trinajstić information content (AvgIpc) is 3.12. The zero-order chi connectivity index (χ0) is 19.2. The van der Waals surface area contributed by atoms with Crippen molar-refractivity contribution in [1.82, 2.24) is 9.55 Å². The number of aryl methyl sites for hydroxylation is 2. The zero-order valence-electron chi connectivity index (χ0n) is 15.7. The summed E-state index contributed by atoms with van der Waals surface area (Å²) < 4.78 is 7.43. The van der Waals surface area contributed by atoms with Crippen molar-refractivity contribution in [2.24, 2.45) is 0 Å². The number of ether oxygens (including phenoxy) is 1. The maximum Gasteiger partial charge on any atom is 0.234 e. The van der Waals surface area contributed by atoms with Gasteiger partial charge in [0.25, 0.3) is 0 Å². The van der Waals surface area contributed by atoms with Gasteiger partial charge in [0.1, 0.15) is 5.75 Å². The Morgan fingerprint density at radius 1 is 1.19 bits per heavy atom. The van der Waals surface area contributed by atoms with Crippen LogP contribution in [0.25, 0.3) is 5.69 Å². The van der Waals surface area contributed by atoms with Crippen LogP contribution in [0.15, 0.2) is 60.0 Å². The van der Waals surface area contributed by atoms with Gasteiger partial charge in [0.05, 0.1) is 18.0 Å². The maximum atomic E-state index is 12.3. The van der Waals surface area contributed by atoms with Gasteiger partial charge >= 0.3 is 0 Å². The van der Waals surface area contributed by atoms with Crippen molar-refractivity contribution in [2.75, 3.05) is 17.7 Å². The Bertz CT molecular complexity index is 919. The first-order chi connectivity index (χ1) is 13.1. The fourth-order valence-electron chi connectivity index (χ4n) is 2.69. The first-order valence-corrected chi connectivity index (χ1v) is 9.82. The van der Waals surface area contributed by atoms with Crippen molar-refractivity contribution >= 4 is 23.4 Å². The highest BCUT2D eigenvalue weighted by Gasteiger charge is 2.11. The second-order valence-corrected chi connectivity index (χ2v) is 7.11.